The first-order chi connectivity index (χ1) is 12.9. The third kappa shape index (κ3) is 6.11. The Morgan fingerprint density at radius 1 is 1.00 bits per heavy atom. The molecule has 142 valence electrons. The Labute approximate surface area is 162 Å². The van der Waals surface area contributed by atoms with E-state index in [9.17, 15) is 14.4 Å². The van der Waals surface area contributed by atoms with Crippen LogP contribution >= 0.6 is 11.6 Å². The molecule has 0 fully saturated rings. The van der Waals surface area contributed by atoms with Crippen molar-refractivity contribution in [1.29, 1.82) is 0 Å². The molecule has 7 heteroatoms. The predicted molar refractivity (Wildman–Crippen MR) is 102 cm³/mol. The minimum atomic E-state index is -1.00. The quantitative estimate of drug-likeness (QED) is 0.714. The highest BCUT2D eigenvalue weighted by Crippen LogP contribution is 2.14. The van der Waals surface area contributed by atoms with Crippen molar-refractivity contribution in [2.45, 2.75) is 32.5 Å². The van der Waals surface area contributed by atoms with Crippen LogP contribution in [0.1, 0.15) is 29.8 Å². The molecule has 2 N–H and O–H groups in total. The monoisotopic (exact) mass is 388 g/mol. The van der Waals surface area contributed by atoms with Crippen molar-refractivity contribution < 1.29 is 19.1 Å². The maximum absolute atomic E-state index is 12.1. The summed E-state index contributed by atoms with van der Waals surface area (Å²) in [5.41, 5.74) is 1.19. The van der Waals surface area contributed by atoms with E-state index >= 15 is 0 Å². The van der Waals surface area contributed by atoms with Gasteiger partial charge in [-0.05, 0) is 37.6 Å². The maximum Gasteiger partial charge on any atom is 0.329 e. The van der Waals surface area contributed by atoms with Crippen LogP contribution < -0.4 is 10.6 Å². The van der Waals surface area contributed by atoms with E-state index in [1.54, 1.807) is 48.5 Å². The average molecular weight is 389 g/mol. The molecule has 0 aliphatic heterocycles. The van der Waals surface area contributed by atoms with E-state index in [0.29, 0.717) is 10.6 Å². The Morgan fingerprint density at radius 3 is 2.30 bits per heavy atom. The van der Waals surface area contributed by atoms with E-state index in [-0.39, 0.29) is 6.54 Å². The second-order valence-electron chi connectivity index (χ2n) is 5.95. The molecule has 0 saturated heterocycles. The zero-order chi connectivity index (χ0) is 19.8. The van der Waals surface area contributed by atoms with Gasteiger partial charge in [0.25, 0.3) is 11.8 Å². The summed E-state index contributed by atoms with van der Waals surface area (Å²) in [5, 5.41) is 5.75. The minimum absolute atomic E-state index is 0.223. The molecule has 6 nitrogen and oxygen atoms in total. The van der Waals surface area contributed by atoms with E-state index in [1.165, 1.54) is 13.8 Å². The van der Waals surface area contributed by atoms with Crippen molar-refractivity contribution in [3.63, 3.8) is 0 Å². The van der Waals surface area contributed by atoms with Crippen molar-refractivity contribution in [3.05, 3.63) is 70.7 Å². The lowest BCUT2D eigenvalue weighted by Crippen LogP contribution is -2.43. The number of hydrogen-bond donors (Lipinski definition) is 2. The second-order valence-corrected chi connectivity index (χ2v) is 6.36. The van der Waals surface area contributed by atoms with Gasteiger partial charge in [0.15, 0.2) is 6.10 Å². The first-order valence-electron chi connectivity index (χ1n) is 8.46. The van der Waals surface area contributed by atoms with Crippen molar-refractivity contribution in [3.8, 4) is 0 Å². The van der Waals surface area contributed by atoms with E-state index in [1.807, 2.05) is 6.07 Å². The summed E-state index contributed by atoms with van der Waals surface area (Å²) < 4.78 is 5.13. The lowest BCUT2D eigenvalue weighted by Gasteiger charge is -2.18. The van der Waals surface area contributed by atoms with Gasteiger partial charge >= 0.3 is 5.97 Å². The number of nitrogens with one attached hydrogen (secondary N) is 2. The number of rotatable bonds is 7. The summed E-state index contributed by atoms with van der Waals surface area (Å²) in [7, 11) is 0. The van der Waals surface area contributed by atoms with Crippen molar-refractivity contribution >= 4 is 29.4 Å². The predicted octanol–water partition coefficient (Wildman–Crippen LogP) is 2.71. The van der Waals surface area contributed by atoms with Gasteiger partial charge in [-0.15, -0.1) is 0 Å². The molecule has 0 unspecified atom stereocenters. The summed E-state index contributed by atoms with van der Waals surface area (Å²) >= 11 is 6.04. The third-order valence-corrected chi connectivity index (χ3v) is 4.18. The fourth-order valence-electron chi connectivity index (χ4n) is 2.23. The first-order valence-corrected chi connectivity index (χ1v) is 8.84. The molecular weight excluding hydrogens is 368 g/mol. The lowest BCUT2D eigenvalue weighted by molar-refractivity contribution is -0.156. The van der Waals surface area contributed by atoms with Crippen LogP contribution in [0, 0.1) is 0 Å². The van der Waals surface area contributed by atoms with E-state index in [2.05, 4.69) is 10.6 Å². The van der Waals surface area contributed by atoms with Gasteiger partial charge in [-0.2, -0.15) is 0 Å². The van der Waals surface area contributed by atoms with Crippen LogP contribution in [0.25, 0.3) is 0 Å². The van der Waals surface area contributed by atoms with Crippen LogP contribution in [-0.2, 0) is 20.9 Å². The van der Waals surface area contributed by atoms with Gasteiger partial charge in [0.1, 0.15) is 6.04 Å². The molecule has 0 spiro atoms. The largest absolute Gasteiger partial charge is 0.451 e. The molecule has 27 heavy (non-hydrogen) atoms. The highest BCUT2D eigenvalue weighted by molar-refractivity contribution is 6.31. The first kappa shape index (κ1) is 20.5. The number of amides is 2. The van der Waals surface area contributed by atoms with E-state index in [4.69, 9.17) is 16.3 Å². The Balaban J connectivity index is 1.82. The molecule has 2 atom stereocenters. The van der Waals surface area contributed by atoms with Crippen LogP contribution in [-0.4, -0.2) is 29.9 Å². The minimum Gasteiger partial charge on any atom is -0.451 e. The van der Waals surface area contributed by atoms with Crippen LogP contribution in [0.5, 0.6) is 0 Å². The Hall–Kier alpha value is -2.86. The van der Waals surface area contributed by atoms with Gasteiger partial charge in [0, 0.05) is 17.1 Å². The maximum atomic E-state index is 12.1. The van der Waals surface area contributed by atoms with Crippen LogP contribution in [0.4, 0.5) is 0 Å². The fraction of sp³-hybridized carbons (Fsp3) is 0.250. The standard InChI is InChI=1S/C20H21ClN2O4/c1-13(23-19(25)15-8-4-3-5-9-15)20(26)27-14(2)18(24)22-12-16-10-6-7-11-17(16)21/h3-11,13-14H,12H2,1-2H3,(H,22,24)(H,23,25)/t13-,14-/m0/s1. The highest BCUT2D eigenvalue weighted by Gasteiger charge is 2.23. The zero-order valence-corrected chi connectivity index (χ0v) is 15.8. The molecule has 0 aliphatic carbocycles. The molecule has 2 amide bonds. The molecule has 0 aromatic heterocycles. The topological polar surface area (TPSA) is 84.5 Å². The van der Waals surface area contributed by atoms with Gasteiger partial charge in [0.2, 0.25) is 0 Å². The number of carbonyl (C=O) groups excluding carboxylic acids is 3. The molecule has 2 rings (SSSR count). The van der Waals surface area contributed by atoms with Gasteiger partial charge in [-0.25, -0.2) is 4.79 Å². The summed E-state index contributed by atoms with van der Waals surface area (Å²) in [5.74, 6) is -1.54. The number of benzene rings is 2. The molecule has 0 saturated carbocycles. The van der Waals surface area contributed by atoms with Crippen molar-refractivity contribution in [2.75, 3.05) is 0 Å². The molecule has 0 bridgehead atoms. The number of ether oxygens (including phenoxy) is 1. The number of carbonyl (C=O) groups is 3. The van der Waals surface area contributed by atoms with Gasteiger partial charge in [-0.1, -0.05) is 48.0 Å². The van der Waals surface area contributed by atoms with Crippen LogP contribution in [0.3, 0.4) is 0 Å². The SMILES string of the molecule is C[C@H](NC(=O)c1ccccc1)C(=O)O[C@@H](C)C(=O)NCc1ccccc1Cl. The Bertz CT molecular complexity index is 811. The molecule has 0 radical (unpaired) electrons. The molecule has 0 aliphatic rings. The fourth-order valence-corrected chi connectivity index (χ4v) is 2.43. The van der Waals surface area contributed by atoms with Gasteiger partial charge in [-0.3, -0.25) is 9.59 Å². The summed E-state index contributed by atoms with van der Waals surface area (Å²) in [6.45, 7) is 3.18. The average Bonchev–Trinajstić information content (AvgIpc) is 2.67. The molecule has 2 aromatic rings. The number of halogens is 1. The van der Waals surface area contributed by atoms with Crippen molar-refractivity contribution in [1.82, 2.24) is 10.6 Å². The Morgan fingerprint density at radius 2 is 1.63 bits per heavy atom. The highest BCUT2D eigenvalue weighted by atomic mass is 35.5. The lowest BCUT2D eigenvalue weighted by atomic mass is 10.2. The van der Waals surface area contributed by atoms with E-state index in [0.717, 1.165) is 5.56 Å². The summed E-state index contributed by atoms with van der Waals surface area (Å²) in [6, 6.07) is 14.7. The molecular formula is C20H21ClN2O4. The number of esters is 1. The normalized spacial score (nSPS) is 12.6. The van der Waals surface area contributed by atoms with E-state index < -0.39 is 29.9 Å². The van der Waals surface area contributed by atoms with Gasteiger partial charge in [0.05, 0.1) is 0 Å². The molecule has 0 heterocycles. The van der Waals surface area contributed by atoms with Gasteiger partial charge < -0.3 is 15.4 Å². The number of hydrogen-bond acceptors (Lipinski definition) is 4. The molecule has 2 aromatic carbocycles. The van der Waals surface area contributed by atoms with Crippen LogP contribution in [0.2, 0.25) is 5.02 Å². The Kier molecular flexibility index (Phi) is 7.37. The summed E-state index contributed by atoms with van der Waals surface area (Å²) in [4.78, 5) is 36.3. The van der Waals surface area contributed by atoms with Crippen LogP contribution in [0.15, 0.2) is 54.6 Å². The summed E-state index contributed by atoms with van der Waals surface area (Å²) in [6.07, 6.45) is -1.00. The smallest absolute Gasteiger partial charge is 0.329 e. The zero-order valence-electron chi connectivity index (χ0n) is 15.1. The van der Waals surface area contributed by atoms with Crippen molar-refractivity contribution in [2.24, 2.45) is 0 Å². The third-order valence-electron chi connectivity index (χ3n) is 3.81. The second kappa shape index (κ2) is 9.73.